The number of thiophene rings is 1. The van der Waals surface area contributed by atoms with Crippen LogP contribution >= 0.6 is 11.3 Å². The number of aryl methyl sites for hydroxylation is 2. The Labute approximate surface area is 188 Å². The van der Waals surface area contributed by atoms with E-state index in [4.69, 9.17) is 14.7 Å². The molecule has 0 bridgehead atoms. The van der Waals surface area contributed by atoms with Crippen molar-refractivity contribution in [3.05, 3.63) is 82.6 Å². The third kappa shape index (κ3) is 3.99. The van der Waals surface area contributed by atoms with Crippen LogP contribution in [0.1, 0.15) is 16.8 Å². The minimum atomic E-state index is -0.326. The Kier molecular flexibility index (Phi) is 5.41. The molecule has 4 aromatic rings. The number of nitrogens with one attached hydrogen (secondary N) is 1. The molecular formula is C25H20FN3O2S. The monoisotopic (exact) mass is 445 g/mol. The van der Waals surface area contributed by atoms with Gasteiger partial charge in [-0.25, -0.2) is 14.4 Å². The van der Waals surface area contributed by atoms with Gasteiger partial charge in [-0.05, 0) is 65.7 Å². The largest absolute Gasteiger partial charge is 0.497 e. The molecule has 2 heterocycles. The summed E-state index contributed by atoms with van der Waals surface area (Å²) in [6.45, 7) is 0. The fraction of sp³-hybridized carbons (Fsp3) is 0.160. The molecule has 0 atom stereocenters. The molecule has 5 rings (SSSR count). The maximum Gasteiger partial charge on any atom is 0.230 e. The van der Waals surface area contributed by atoms with E-state index in [9.17, 15) is 9.18 Å². The number of methoxy groups -OCH3 is 1. The second kappa shape index (κ2) is 8.51. The Morgan fingerprint density at radius 2 is 1.94 bits per heavy atom. The third-order valence-corrected chi connectivity index (χ3v) is 6.33. The summed E-state index contributed by atoms with van der Waals surface area (Å²) in [5.41, 5.74) is 5.30. The standard InChI is InChI=1S/C25H20FN3O2S/c1-31-18-9-10-19-16(14-18)6-11-20-23(19)29-24(21-3-2-12-32-21)25(27-20)28-22(30)13-15-4-7-17(26)8-5-15/h2-5,7-10,12,14H,6,11,13H2,1H3,(H,27,28,30). The van der Waals surface area contributed by atoms with E-state index in [-0.39, 0.29) is 18.1 Å². The number of anilines is 1. The van der Waals surface area contributed by atoms with Crippen molar-refractivity contribution in [3.63, 3.8) is 0 Å². The third-order valence-electron chi connectivity index (χ3n) is 5.46. The molecule has 1 aliphatic carbocycles. The number of nitrogens with zero attached hydrogens (tertiary/aromatic N) is 2. The van der Waals surface area contributed by atoms with Crippen molar-refractivity contribution >= 4 is 23.1 Å². The average Bonchev–Trinajstić information content (AvgIpc) is 3.34. The predicted molar refractivity (Wildman–Crippen MR) is 123 cm³/mol. The van der Waals surface area contributed by atoms with Crippen LogP contribution in [0.5, 0.6) is 5.75 Å². The smallest absolute Gasteiger partial charge is 0.230 e. The molecule has 1 amide bonds. The number of hydrogen-bond acceptors (Lipinski definition) is 5. The van der Waals surface area contributed by atoms with Crippen LogP contribution in [0.4, 0.5) is 10.2 Å². The van der Waals surface area contributed by atoms with Gasteiger partial charge in [-0.1, -0.05) is 18.2 Å². The molecule has 0 saturated heterocycles. The number of halogens is 1. The Hall–Kier alpha value is -3.58. The van der Waals surface area contributed by atoms with Gasteiger partial charge in [0.05, 0.1) is 29.8 Å². The van der Waals surface area contributed by atoms with Crippen molar-refractivity contribution in [1.29, 1.82) is 0 Å². The van der Waals surface area contributed by atoms with Crippen molar-refractivity contribution in [2.24, 2.45) is 0 Å². The van der Waals surface area contributed by atoms with Crippen LogP contribution in [0.15, 0.2) is 60.0 Å². The minimum absolute atomic E-state index is 0.131. The summed E-state index contributed by atoms with van der Waals surface area (Å²) in [6, 6.07) is 15.8. The molecule has 32 heavy (non-hydrogen) atoms. The van der Waals surface area contributed by atoms with E-state index in [0.717, 1.165) is 46.0 Å². The van der Waals surface area contributed by atoms with Crippen LogP contribution in [-0.2, 0) is 24.1 Å². The van der Waals surface area contributed by atoms with E-state index < -0.39 is 0 Å². The molecule has 0 spiro atoms. The molecule has 0 saturated carbocycles. The summed E-state index contributed by atoms with van der Waals surface area (Å²) in [5.74, 6) is 0.732. The summed E-state index contributed by atoms with van der Waals surface area (Å²) >= 11 is 1.55. The van der Waals surface area contributed by atoms with Crippen LogP contribution in [0.2, 0.25) is 0 Å². The fourth-order valence-corrected chi connectivity index (χ4v) is 4.60. The van der Waals surface area contributed by atoms with Crippen LogP contribution < -0.4 is 10.1 Å². The summed E-state index contributed by atoms with van der Waals surface area (Å²) in [6.07, 6.45) is 1.69. The number of benzene rings is 2. The zero-order valence-corrected chi connectivity index (χ0v) is 18.2. The van der Waals surface area contributed by atoms with Crippen LogP contribution in [0.3, 0.4) is 0 Å². The molecule has 1 N–H and O–H groups in total. The minimum Gasteiger partial charge on any atom is -0.497 e. The molecule has 2 aromatic heterocycles. The van der Waals surface area contributed by atoms with Gasteiger partial charge in [-0.2, -0.15) is 0 Å². The SMILES string of the molecule is COc1ccc2c(c1)CCc1nc(NC(=O)Cc3ccc(F)cc3)c(-c3cccs3)nc1-2. The van der Waals surface area contributed by atoms with Gasteiger partial charge in [0, 0.05) is 5.56 Å². The Morgan fingerprint density at radius 1 is 1.09 bits per heavy atom. The highest BCUT2D eigenvalue weighted by atomic mass is 32.1. The van der Waals surface area contributed by atoms with E-state index in [1.807, 2.05) is 35.7 Å². The highest BCUT2D eigenvalue weighted by Gasteiger charge is 2.24. The van der Waals surface area contributed by atoms with Gasteiger partial charge < -0.3 is 10.1 Å². The number of hydrogen-bond donors (Lipinski definition) is 1. The molecule has 7 heteroatoms. The van der Waals surface area contributed by atoms with E-state index in [2.05, 4.69) is 5.32 Å². The number of fused-ring (bicyclic) bond motifs is 3. The Morgan fingerprint density at radius 3 is 2.69 bits per heavy atom. The Bertz CT molecular complexity index is 1290. The summed E-state index contributed by atoms with van der Waals surface area (Å²) < 4.78 is 18.5. The number of rotatable bonds is 5. The highest BCUT2D eigenvalue weighted by Crippen LogP contribution is 2.38. The first-order valence-electron chi connectivity index (χ1n) is 10.3. The molecule has 0 aliphatic heterocycles. The number of aromatic nitrogens is 2. The first-order valence-corrected chi connectivity index (χ1v) is 11.1. The molecule has 160 valence electrons. The predicted octanol–water partition coefficient (Wildman–Crippen LogP) is 5.30. The van der Waals surface area contributed by atoms with Crippen LogP contribution in [0, 0.1) is 5.82 Å². The van der Waals surface area contributed by atoms with Gasteiger partial charge in [-0.15, -0.1) is 11.3 Å². The number of carbonyl (C=O) groups is 1. The van der Waals surface area contributed by atoms with Crippen LogP contribution in [0.25, 0.3) is 21.8 Å². The van der Waals surface area contributed by atoms with Gasteiger partial charge in [0.25, 0.3) is 0 Å². The molecule has 2 aromatic carbocycles. The lowest BCUT2D eigenvalue weighted by Gasteiger charge is -2.21. The van der Waals surface area contributed by atoms with Gasteiger partial charge in [0.15, 0.2) is 5.82 Å². The Balaban J connectivity index is 1.51. The van der Waals surface area contributed by atoms with Gasteiger partial charge in [-0.3, -0.25) is 4.79 Å². The molecule has 0 radical (unpaired) electrons. The van der Waals surface area contributed by atoms with E-state index in [0.29, 0.717) is 11.5 Å². The quantitative estimate of drug-likeness (QED) is 0.453. The van der Waals surface area contributed by atoms with Gasteiger partial charge in [0.1, 0.15) is 17.3 Å². The van der Waals surface area contributed by atoms with Crippen LogP contribution in [-0.4, -0.2) is 23.0 Å². The second-order valence-electron chi connectivity index (χ2n) is 7.57. The van der Waals surface area contributed by atoms with Crippen molar-refractivity contribution in [2.45, 2.75) is 19.3 Å². The molecular weight excluding hydrogens is 425 g/mol. The number of ether oxygens (including phenoxy) is 1. The van der Waals surface area contributed by atoms with E-state index >= 15 is 0 Å². The number of amides is 1. The first-order chi connectivity index (χ1) is 15.6. The van der Waals surface area contributed by atoms with E-state index in [1.165, 1.54) is 17.7 Å². The van der Waals surface area contributed by atoms with Gasteiger partial charge in [0.2, 0.25) is 5.91 Å². The van der Waals surface area contributed by atoms with Crippen molar-refractivity contribution in [1.82, 2.24) is 9.97 Å². The molecule has 5 nitrogen and oxygen atoms in total. The zero-order valence-electron chi connectivity index (χ0n) is 17.4. The normalized spacial score (nSPS) is 12.1. The summed E-state index contributed by atoms with van der Waals surface area (Å²) in [5, 5.41) is 4.91. The second-order valence-corrected chi connectivity index (χ2v) is 8.52. The first kappa shape index (κ1) is 20.3. The summed E-state index contributed by atoms with van der Waals surface area (Å²) in [7, 11) is 1.66. The fourth-order valence-electron chi connectivity index (χ4n) is 3.88. The molecule has 0 unspecified atom stereocenters. The maximum absolute atomic E-state index is 13.2. The average molecular weight is 446 g/mol. The number of carbonyl (C=O) groups excluding carboxylic acids is 1. The topological polar surface area (TPSA) is 64.1 Å². The molecule has 0 fully saturated rings. The summed E-state index contributed by atoms with van der Waals surface area (Å²) in [4.78, 5) is 23.5. The lowest BCUT2D eigenvalue weighted by Crippen LogP contribution is -2.18. The maximum atomic E-state index is 13.2. The lowest BCUT2D eigenvalue weighted by atomic mass is 9.91. The highest BCUT2D eigenvalue weighted by molar-refractivity contribution is 7.13. The zero-order chi connectivity index (χ0) is 22.1. The molecule has 1 aliphatic rings. The van der Waals surface area contributed by atoms with Crippen molar-refractivity contribution in [2.75, 3.05) is 12.4 Å². The van der Waals surface area contributed by atoms with Crippen molar-refractivity contribution in [3.8, 4) is 27.6 Å². The van der Waals surface area contributed by atoms with E-state index in [1.54, 1.807) is 30.6 Å². The van der Waals surface area contributed by atoms with Gasteiger partial charge >= 0.3 is 0 Å². The lowest BCUT2D eigenvalue weighted by molar-refractivity contribution is -0.115. The van der Waals surface area contributed by atoms with Crippen molar-refractivity contribution < 1.29 is 13.9 Å².